The maximum Gasteiger partial charge on any atom is 0.387 e. The zero-order valence-electron chi connectivity index (χ0n) is 10.1. The monoisotopic (exact) mass is 298 g/mol. The minimum absolute atomic E-state index is 0. The van der Waals surface area contributed by atoms with Gasteiger partial charge in [0.05, 0.1) is 5.56 Å². The van der Waals surface area contributed by atoms with E-state index in [0.29, 0.717) is 13.1 Å². The number of alkyl halides is 2. The SMILES string of the molecule is CNCCNC(=O)c1ccc(F)cc1OC(F)F.Cl. The third-order valence-electron chi connectivity index (χ3n) is 2.06. The van der Waals surface area contributed by atoms with Crippen molar-refractivity contribution < 1.29 is 22.7 Å². The summed E-state index contributed by atoms with van der Waals surface area (Å²) >= 11 is 0. The second kappa shape index (κ2) is 8.60. The average molecular weight is 299 g/mol. The van der Waals surface area contributed by atoms with E-state index in [0.717, 1.165) is 18.2 Å². The normalized spacial score (nSPS) is 9.95. The molecule has 0 radical (unpaired) electrons. The number of ether oxygens (including phenoxy) is 1. The lowest BCUT2D eigenvalue weighted by atomic mass is 10.2. The van der Waals surface area contributed by atoms with Crippen LogP contribution < -0.4 is 15.4 Å². The molecule has 0 saturated carbocycles. The van der Waals surface area contributed by atoms with Crippen LogP contribution in [0.4, 0.5) is 13.2 Å². The molecule has 0 aliphatic heterocycles. The number of benzene rings is 1. The number of rotatable bonds is 6. The van der Waals surface area contributed by atoms with Gasteiger partial charge in [-0.1, -0.05) is 0 Å². The molecule has 1 aromatic carbocycles. The molecular formula is C11H14ClF3N2O2. The average Bonchev–Trinajstić information content (AvgIpc) is 2.28. The quantitative estimate of drug-likeness (QED) is 0.788. The van der Waals surface area contributed by atoms with Gasteiger partial charge >= 0.3 is 6.61 Å². The molecule has 0 atom stereocenters. The van der Waals surface area contributed by atoms with Crippen molar-refractivity contribution in [1.29, 1.82) is 0 Å². The highest BCUT2D eigenvalue weighted by Gasteiger charge is 2.16. The molecule has 1 aromatic rings. The summed E-state index contributed by atoms with van der Waals surface area (Å²) in [4.78, 5) is 11.6. The lowest BCUT2D eigenvalue weighted by Gasteiger charge is -2.11. The molecule has 108 valence electrons. The maximum absolute atomic E-state index is 12.9. The van der Waals surface area contributed by atoms with E-state index in [2.05, 4.69) is 15.4 Å². The Morgan fingerprint density at radius 3 is 2.63 bits per heavy atom. The molecule has 0 spiro atoms. The highest BCUT2D eigenvalue weighted by atomic mass is 35.5. The Morgan fingerprint density at radius 1 is 1.37 bits per heavy atom. The van der Waals surface area contributed by atoms with Crippen LogP contribution in [0.1, 0.15) is 10.4 Å². The van der Waals surface area contributed by atoms with Gasteiger partial charge in [-0.25, -0.2) is 4.39 Å². The molecule has 0 fully saturated rings. The van der Waals surface area contributed by atoms with Crippen LogP contribution in [0.15, 0.2) is 18.2 Å². The van der Waals surface area contributed by atoms with Gasteiger partial charge in [-0.05, 0) is 19.2 Å². The van der Waals surface area contributed by atoms with Gasteiger partial charge in [0, 0.05) is 19.2 Å². The van der Waals surface area contributed by atoms with Crippen LogP contribution in [0.25, 0.3) is 0 Å². The van der Waals surface area contributed by atoms with Crippen molar-refractivity contribution in [2.45, 2.75) is 6.61 Å². The van der Waals surface area contributed by atoms with Crippen molar-refractivity contribution >= 4 is 18.3 Å². The van der Waals surface area contributed by atoms with Crippen molar-refractivity contribution in [3.05, 3.63) is 29.6 Å². The first kappa shape index (κ1) is 17.5. The molecule has 0 aliphatic rings. The third-order valence-corrected chi connectivity index (χ3v) is 2.06. The molecule has 0 aliphatic carbocycles. The van der Waals surface area contributed by atoms with Crippen molar-refractivity contribution in [2.24, 2.45) is 0 Å². The van der Waals surface area contributed by atoms with Crippen LogP contribution >= 0.6 is 12.4 Å². The Hall–Kier alpha value is -1.47. The van der Waals surface area contributed by atoms with Crippen molar-refractivity contribution in [3.63, 3.8) is 0 Å². The molecule has 1 rings (SSSR count). The Balaban J connectivity index is 0.00000324. The summed E-state index contributed by atoms with van der Waals surface area (Å²) in [5.74, 6) is -1.83. The highest BCUT2D eigenvalue weighted by molar-refractivity contribution is 5.96. The van der Waals surface area contributed by atoms with E-state index in [9.17, 15) is 18.0 Å². The molecule has 0 heterocycles. The molecule has 0 aromatic heterocycles. The summed E-state index contributed by atoms with van der Waals surface area (Å²) in [5, 5.41) is 5.29. The number of hydrogen-bond donors (Lipinski definition) is 2. The minimum atomic E-state index is -3.12. The Labute approximate surface area is 114 Å². The first-order chi connectivity index (χ1) is 8.54. The lowest BCUT2D eigenvalue weighted by Crippen LogP contribution is -2.30. The first-order valence-corrected chi connectivity index (χ1v) is 5.21. The van der Waals surface area contributed by atoms with Crippen molar-refractivity contribution in [2.75, 3.05) is 20.1 Å². The number of carbonyl (C=O) groups excluding carboxylic acids is 1. The molecule has 1 amide bonds. The Morgan fingerprint density at radius 2 is 2.05 bits per heavy atom. The number of amides is 1. The second-order valence-electron chi connectivity index (χ2n) is 3.38. The topological polar surface area (TPSA) is 50.4 Å². The largest absolute Gasteiger partial charge is 0.434 e. The summed E-state index contributed by atoms with van der Waals surface area (Å²) in [5.41, 5.74) is -0.132. The van der Waals surface area contributed by atoms with Gasteiger partial charge < -0.3 is 15.4 Å². The summed E-state index contributed by atoms with van der Waals surface area (Å²) < 4.78 is 41.2. The molecular weight excluding hydrogens is 285 g/mol. The van der Waals surface area contributed by atoms with Crippen molar-refractivity contribution in [1.82, 2.24) is 10.6 Å². The van der Waals surface area contributed by atoms with E-state index in [1.807, 2.05) is 0 Å². The van der Waals surface area contributed by atoms with Crippen molar-refractivity contribution in [3.8, 4) is 5.75 Å². The molecule has 4 nitrogen and oxygen atoms in total. The number of likely N-dealkylation sites (N-methyl/N-ethyl adjacent to an activating group) is 1. The van der Waals surface area contributed by atoms with Gasteiger partial charge in [-0.2, -0.15) is 8.78 Å². The van der Waals surface area contributed by atoms with Gasteiger partial charge in [0.15, 0.2) is 0 Å². The van der Waals surface area contributed by atoms with E-state index < -0.39 is 24.1 Å². The van der Waals surface area contributed by atoms with Gasteiger partial charge in [-0.15, -0.1) is 12.4 Å². The van der Waals surface area contributed by atoms with E-state index >= 15 is 0 Å². The summed E-state index contributed by atoms with van der Waals surface area (Å²) in [6, 6.07) is 2.85. The molecule has 2 N–H and O–H groups in total. The van der Waals surface area contributed by atoms with Crippen LogP contribution in [0.3, 0.4) is 0 Å². The van der Waals surface area contributed by atoms with Gasteiger partial charge in [0.25, 0.3) is 5.91 Å². The molecule has 8 heteroatoms. The summed E-state index contributed by atoms with van der Waals surface area (Å²) in [7, 11) is 1.70. The first-order valence-electron chi connectivity index (χ1n) is 5.21. The number of carbonyl (C=O) groups is 1. The zero-order valence-corrected chi connectivity index (χ0v) is 10.9. The highest BCUT2D eigenvalue weighted by Crippen LogP contribution is 2.21. The lowest BCUT2D eigenvalue weighted by molar-refractivity contribution is -0.0503. The van der Waals surface area contributed by atoms with Crippen LogP contribution in [-0.2, 0) is 0 Å². The second-order valence-corrected chi connectivity index (χ2v) is 3.38. The van der Waals surface area contributed by atoms with Crippen LogP contribution in [0.2, 0.25) is 0 Å². The smallest absolute Gasteiger partial charge is 0.387 e. The van der Waals surface area contributed by atoms with E-state index in [1.165, 1.54) is 0 Å². The van der Waals surface area contributed by atoms with E-state index in [-0.39, 0.29) is 18.0 Å². The van der Waals surface area contributed by atoms with Gasteiger partial charge in [-0.3, -0.25) is 4.79 Å². The number of halogens is 4. The van der Waals surface area contributed by atoms with E-state index in [4.69, 9.17) is 0 Å². The molecule has 0 unspecified atom stereocenters. The maximum atomic E-state index is 12.9. The molecule has 0 saturated heterocycles. The fourth-order valence-electron chi connectivity index (χ4n) is 1.27. The van der Waals surface area contributed by atoms with Crippen LogP contribution in [0.5, 0.6) is 5.75 Å². The predicted molar refractivity (Wildman–Crippen MR) is 66.5 cm³/mol. The molecule has 0 bridgehead atoms. The molecule has 19 heavy (non-hydrogen) atoms. The summed E-state index contributed by atoms with van der Waals surface area (Å²) in [6.07, 6.45) is 0. The Bertz CT molecular complexity index is 419. The van der Waals surface area contributed by atoms with Gasteiger partial charge in [0.2, 0.25) is 0 Å². The van der Waals surface area contributed by atoms with Crippen LogP contribution in [-0.4, -0.2) is 32.7 Å². The fraction of sp³-hybridized carbons (Fsp3) is 0.364. The zero-order chi connectivity index (χ0) is 13.5. The predicted octanol–water partition coefficient (Wildman–Crippen LogP) is 1.80. The standard InChI is InChI=1S/C11H13F3N2O2.ClH/c1-15-4-5-16-10(17)8-3-2-7(12)6-9(8)18-11(13)14;/h2-3,6,11,15H,4-5H2,1H3,(H,16,17);1H. The number of nitrogens with one attached hydrogen (secondary N) is 2. The summed E-state index contributed by atoms with van der Waals surface area (Å²) in [6.45, 7) is -2.27. The Kier molecular flexibility index (Phi) is 7.94. The van der Waals surface area contributed by atoms with E-state index in [1.54, 1.807) is 7.05 Å². The third kappa shape index (κ3) is 5.80. The van der Waals surface area contributed by atoms with Crippen LogP contribution in [0, 0.1) is 5.82 Å². The fourth-order valence-corrected chi connectivity index (χ4v) is 1.27. The van der Waals surface area contributed by atoms with Gasteiger partial charge in [0.1, 0.15) is 11.6 Å². The number of hydrogen-bond acceptors (Lipinski definition) is 3. The minimum Gasteiger partial charge on any atom is -0.434 e.